The average Bonchev–Trinajstić information content (AvgIpc) is 3.26. The Hall–Kier alpha value is -0.120. The van der Waals surface area contributed by atoms with Crippen molar-refractivity contribution in [1.29, 1.82) is 0 Å². The van der Waals surface area contributed by atoms with Crippen LogP contribution in [0.1, 0.15) is 58.8 Å². The first-order valence-corrected chi connectivity index (χ1v) is 12.8. The Morgan fingerprint density at radius 3 is 2.70 bits per heavy atom. The van der Waals surface area contributed by atoms with Gasteiger partial charge in [-0.1, -0.05) is 48.7 Å². The number of rotatable bonds is 1. The lowest BCUT2D eigenvalue weighted by Crippen LogP contribution is -2.44. The van der Waals surface area contributed by atoms with Crippen molar-refractivity contribution in [2.75, 3.05) is 11.5 Å². The topological polar surface area (TPSA) is 17.1 Å². The second-order valence-corrected chi connectivity index (χ2v) is 13.0. The van der Waals surface area contributed by atoms with Gasteiger partial charge in [-0.15, -0.1) is 23.5 Å². The number of hydrogen-bond acceptors (Lipinski definition) is 3. The van der Waals surface area contributed by atoms with Crippen LogP contribution in [-0.2, 0) is 4.79 Å². The van der Waals surface area contributed by atoms with Gasteiger partial charge in [-0.2, -0.15) is 0 Å². The van der Waals surface area contributed by atoms with E-state index in [4.69, 9.17) is 11.6 Å². The molecule has 4 atom stereocenters. The van der Waals surface area contributed by atoms with Crippen LogP contribution in [0, 0.1) is 22.7 Å². The fourth-order valence-corrected chi connectivity index (χ4v) is 10.4. The predicted molar refractivity (Wildman–Crippen MR) is 118 cm³/mol. The highest BCUT2D eigenvalue weighted by molar-refractivity contribution is 8.21. The molecule has 0 aromatic heterocycles. The molecule has 27 heavy (non-hydrogen) atoms. The van der Waals surface area contributed by atoms with Crippen molar-refractivity contribution >= 4 is 41.4 Å². The summed E-state index contributed by atoms with van der Waals surface area (Å²) in [7, 11) is 0. The standard InChI is InChI=1S/C23H29ClOS2/c1-21-9-10-23(26-11-12-27-23)13-15(21)3-4-16-17-5-6-19(20(24)14-25)22(17,2)8-7-18(16)21/h7,13-14,16-17H,3-6,8-12H2,1-2H3/b20-19+/t16-,17-,21-,22-/m0/s1. The summed E-state index contributed by atoms with van der Waals surface area (Å²) in [6.07, 6.45) is 14.5. The molecule has 1 heterocycles. The maximum absolute atomic E-state index is 11.3. The van der Waals surface area contributed by atoms with Crippen LogP contribution in [0.25, 0.3) is 0 Å². The molecular formula is C23H29ClOS2. The van der Waals surface area contributed by atoms with Gasteiger partial charge < -0.3 is 0 Å². The SMILES string of the molecule is C[C@]12CCC3(C=C1CC[C@@H]1C2=CC[C@]2(C)/C(=C(/Cl)C=O)CC[C@@H]12)SCCS3. The summed E-state index contributed by atoms with van der Waals surface area (Å²) in [5, 5.41) is 0.481. The molecule has 0 bridgehead atoms. The van der Waals surface area contributed by atoms with Gasteiger partial charge in [0.15, 0.2) is 6.29 Å². The fourth-order valence-electron chi connectivity index (χ4n) is 6.96. The lowest BCUT2D eigenvalue weighted by molar-refractivity contribution is -0.104. The van der Waals surface area contributed by atoms with Crippen molar-refractivity contribution in [3.8, 4) is 0 Å². The second kappa shape index (κ2) is 6.44. The van der Waals surface area contributed by atoms with Crippen LogP contribution in [0.15, 0.2) is 33.9 Å². The maximum atomic E-state index is 11.3. The van der Waals surface area contributed by atoms with Gasteiger partial charge in [0.25, 0.3) is 0 Å². The highest BCUT2D eigenvalue weighted by Gasteiger charge is 2.56. The number of carbonyl (C=O) groups is 1. The molecule has 2 saturated carbocycles. The number of aldehydes is 1. The summed E-state index contributed by atoms with van der Waals surface area (Å²) < 4.78 is 0.381. The Morgan fingerprint density at radius 2 is 1.96 bits per heavy atom. The number of hydrogen-bond donors (Lipinski definition) is 0. The molecular weight excluding hydrogens is 392 g/mol. The van der Waals surface area contributed by atoms with Crippen LogP contribution < -0.4 is 0 Å². The molecule has 1 aliphatic heterocycles. The molecule has 0 radical (unpaired) electrons. The molecule has 4 heteroatoms. The Morgan fingerprint density at radius 1 is 1.19 bits per heavy atom. The molecule has 3 fully saturated rings. The van der Waals surface area contributed by atoms with Crippen LogP contribution in [0.3, 0.4) is 0 Å². The normalized spacial score (nSPS) is 44.1. The lowest BCUT2D eigenvalue weighted by Gasteiger charge is -2.54. The maximum Gasteiger partial charge on any atom is 0.161 e. The van der Waals surface area contributed by atoms with Gasteiger partial charge in [0, 0.05) is 16.9 Å². The molecule has 5 rings (SSSR count). The zero-order valence-electron chi connectivity index (χ0n) is 16.4. The first-order chi connectivity index (χ1) is 12.9. The molecule has 5 aliphatic rings. The highest BCUT2D eigenvalue weighted by atomic mass is 35.5. The van der Waals surface area contributed by atoms with E-state index >= 15 is 0 Å². The number of halogens is 1. The van der Waals surface area contributed by atoms with Gasteiger partial charge in [-0.05, 0) is 67.8 Å². The quantitative estimate of drug-likeness (QED) is 0.265. The van der Waals surface area contributed by atoms with E-state index in [1.807, 2.05) is 0 Å². The minimum Gasteiger partial charge on any atom is -0.297 e. The van der Waals surface area contributed by atoms with E-state index in [-0.39, 0.29) is 10.8 Å². The summed E-state index contributed by atoms with van der Waals surface area (Å²) in [5.74, 6) is 3.95. The molecule has 4 aliphatic carbocycles. The Labute approximate surface area is 176 Å². The number of allylic oxidation sites excluding steroid dienone is 5. The summed E-state index contributed by atoms with van der Waals surface area (Å²) in [5.41, 5.74) is 5.05. The summed E-state index contributed by atoms with van der Waals surface area (Å²) in [4.78, 5) is 11.3. The average molecular weight is 421 g/mol. The van der Waals surface area contributed by atoms with Crippen molar-refractivity contribution in [2.45, 2.75) is 62.9 Å². The Balaban J connectivity index is 1.53. The van der Waals surface area contributed by atoms with Gasteiger partial charge in [0.1, 0.15) is 0 Å². The smallest absolute Gasteiger partial charge is 0.161 e. The molecule has 0 aromatic rings. The van der Waals surface area contributed by atoms with E-state index in [0.29, 0.717) is 20.9 Å². The first kappa shape index (κ1) is 18.9. The monoisotopic (exact) mass is 420 g/mol. The van der Waals surface area contributed by atoms with E-state index < -0.39 is 0 Å². The number of fused-ring (bicyclic) bond motifs is 5. The second-order valence-electron chi connectivity index (χ2n) is 9.53. The van der Waals surface area contributed by atoms with Gasteiger partial charge in [0.05, 0.1) is 9.11 Å². The Kier molecular flexibility index (Phi) is 4.50. The van der Waals surface area contributed by atoms with Gasteiger partial charge in [-0.3, -0.25) is 4.79 Å². The molecule has 0 unspecified atom stereocenters. The van der Waals surface area contributed by atoms with Gasteiger partial charge >= 0.3 is 0 Å². The summed E-state index contributed by atoms with van der Waals surface area (Å²) >= 11 is 10.7. The predicted octanol–water partition coefficient (Wildman–Crippen LogP) is 6.74. The van der Waals surface area contributed by atoms with E-state index in [1.54, 1.807) is 11.1 Å². The largest absolute Gasteiger partial charge is 0.297 e. The summed E-state index contributed by atoms with van der Waals surface area (Å²) in [6.45, 7) is 4.90. The van der Waals surface area contributed by atoms with Crippen LogP contribution >= 0.6 is 35.1 Å². The number of thioether (sulfide) groups is 2. The molecule has 1 spiro atoms. The molecule has 146 valence electrons. The molecule has 0 aromatic carbocycles. The van der Waals surface area contributed by atoms with Crippen molar-refractivity contribution in [3.05, 3.63) is 33.9 Å². The minimum atomic E-state index is 0.0940. The lowest BCUT2D eigenvalue weighted by atomic mass is 9.51. The highest BCUT2D eigenvalue weighted by Crippen LogP contribution is 2.67. The van der Waals surface area contributed by atoms with Crippen LogP contribution in [-0.4, -0.2) is 21.9 Å². The van der Waals surface area contributed by atoms with Crippen LogP contribution in [0.5, 0.6) is 0 Å². The molecule has 1 nitrogen and oxygen atoms in total. The van der Waals surface area contributed by atoms with E-state index in [2.05, 4.69) is 49.5 Å². The van der Waals surface area contributed by atoms with Gasteiger partial charge in [0.2, 0.25) is 0 Å². The molecule has 1 saturated heterocycles. The Bertz CT molecular complexity index is 775. The third-order valence-electron chi connectivity index (χ3n) is 8.45. The summed E-state index contributed by atoms with van der Waals surface area (Å²) in [6, 6.07) is 0. The molecule has 0 N–H and O–H groups in total. The van der Waals surface area contributed by atoms with Crippen LogP contribution in [0.4, 0.5) is 0 Å². The van der Waals surface area contributed by atoms with Crippen molar-refractivity contribution < 1.29 is 4.79 Å². The van der Waals surface area contributed by atoms with Gasteiger partial charge in [-0.25, -0.2) is 0 Å². The first-order valence-electron chi connectivity index (χ1n) is 10.5. The van der Waals surface area contributed by atoms with Crippen molar-refractivity contribution in [3.63, 3.8) is 0 Å². The zero-order chi connectivity index (χ0) is 18.9. The van der Waals surface area contributed by atoms with Crippen molar-refractivity contribution in [1.82, 2.24) is 0 Å². The van der Waals surface area contributed by atoms with Crippen molar-refractivity contribution in [2.24, 2.45) is 22.7 Å². The third kappa shape index (κ3) is 2.63. The van der Waals surface area contributed by atoms with Crippen LogP contribution in [0.2, 0.25) is 0 Å². The fraction of sp³-hybridized carbons (Fsp3) is 0.696. The van der Waals surface area contributed by atoms with E-state index in [1.165, 1.54) is 49.2 Å². The zero-order valence-corrected chi connectivity index (χ0v) is 18.7. The number of carbonyl (C=O) groups excluding carboxylic acids is 1. The third-order valence-corrected chi connectivity index (χ3v) is 12.2. The van der Waals surface area contributed by atoms with E-state index in [9.17, 15) is 4.79 Å². The van der Waals surface area contributed by atoms with E-state index in [0.717, 1.165) is 19.1 Å². The minimum absolute atomic E-state index is 0.0940. The molecule has 0 amide bonds.